The molecule has 0 bridgehead atoms. The van der Waals surface area contributed by atoms with Crippen molar-refractivity contribution in [1.82, 2.24) is 10.2 Å². The van der Waals surface area contributed by atoms with Crippen LogP contribution in [0.2, 0.25) is 0 Å². The molecule has 3 atom stereocenters. The molecule has 8 heteroatoms. The van der Waals surface area contributed by atoms with Gasteiger partial charge in [-0.15, -0.1) is 0 Å². The van der Waals surface area contributed by atoms with Gasteiger partial charge in [0.15, 0.2) is 11.5 Å². The fraction of sp³-hybridized carbons (Fsp3) is 0.667. The minimum absolute atomic E-state index is 0.0691. The molecule has 2 N–H and O–H groups in total. The number of aliphatic carboxylic acids is 1. The smallest absolute Gasteiger partial charge is 0.407 e. The minimum atomic E-state index is -0.947. The van der Waals surface area contributed by atoms with E-state index in [-0.39, 0.29) is 24.9 Å². The van der Waals surface area contributed by atoms with Crippen molar-refractivity contribution >= 4 is 12.1 Å². The number of hydrogen-bond acceptors (Lipinski definition) is 6. The number of alkyl carbamates (subject to hydrolysis) is 1. The van der Waals surface area contributed by atoms with Gasteiger partial charge in [0.25, 0.3) is 0 Å². The second kappa shape index (κ2) is 10.9. The SMILES string of the molecule is COc1cc2c(cc1OC)[C@H]1C[C@@H](COC(=O)NCCC(=O)O)[C@H](CC(C)C)CN1CC2. The number of fused-ring (bicyclic) bond motifs is 3. The zero-order valence-corrected chi connectivity index (χ0v) is 19.6. The predicted molar refractivity (Wildman–Crippen MR) is 120 cm³/mol. The van der Waals surface area contributed by atoms with Crippen molar-refractivity contribution in [3.05, 3.63) is 23.3 Å². The van der Waals surface area contributed by atoms with Crippen LogP contribution >= 0.6 is 0 Å². The van der Waals surface area contributed by atoms with E-state index < -0.39 is 12.1 Å². The maximum Gasteiger partial charge on any atom is 0.407 e. The third kappa shape index (κ3) is 5.85. The Bertz CT molecular complexity index is 812. The molecule has 2 aliphatic rings. The van der Waals surface area contributed by atoms with E-state index in [1.807, 2.05) is 0 Å². The van der Waals surface area contributed by atoms with Crippen molar-refractivity contribution in [3.8, 4) is 11.5 Å². The highest BCUT2D eigenvalue weighted by atomic mass is 16.5. The van der Waals surface area contributed by atoms with Crippen molar-refractivity contribution in [3.63, 3.8) is 0 Å². The summed E-state index contributed by atoms with van der Waals surface area (Å²) in [5, 5.41) is 11.3. The van der Waals surface area contributed by atoms with Gasteiger partial charge in [-0.25, -0.2) is 4.79 Å². The van der Waals surface area contributed by atoms with E-state index in [4.69, 9.17) is 19.3 Å². The molecule has 32 heavy (non-hydrogen) atoms. The zero-order valence-electron chi connectivity index (χ0n) is 19.6. The Hall–Kier alpha value is -2.48. The van der Waals surface area contributed by atoms with E-state index in [1.54, 1.807) is 14.2 Å². The first-order valence-electron chi connectivity index (χ1n) is 11.4. The molecular weight excluding hydrogens is 412 g/mol. The van der Waals surface area contributed by atoms with Crippen LogP contribution in [0.5, 0.6) is 11.5 Å². The highest BCUT2D eigenvalue weighted by molar-refractivity contribution is 5.70. The molecule has 0 spiro atoms. The number of carboxylic acids is 1. The minimum Gasteiger partial charge on any atom is -0.493 e. The molecule has 178 valence electrons. The van der Waals surface area contributed by atoms with Gasteiger partial charge in [-0.3, -0.25) is 9.69 Å². The summed E-state index contributed by atoms with van der Waals surface area (Å²) in [7, 11) is 3.31. The molecule has 0 aromatic heterocycles. The van der Waals surface area contributed by atoms with Crippen molar-refractivity contribution in [2.75, 3.05) is 40.5 Å². The summed E-state index contributed by atoms with van der Waals surface area (Å²) in [6, 6.07) is 4.45. The fourth-order valence-electron chi connectivity index (χ4n) is 5.09. The predicted octanol–water partition coefficient (Wildman–Crippen LogP) is 3.49. The Morgan fingerprint density at radius 3 is 2.56 bits per heavy atom. The lowest BCUT2D eigenvalue weighted by Gasteiger charge is -2.47. The number of amides is 1. The summed E-state index contributed by atoms with van der Waals surface area (Å²) < 4.78 is 16.6. The van der Waals surface area contributed by atoms with Gasteiger partial charge in [-0.2, -0.15) is 0 Å². The number of carbonyl (C=O) groups excluding carboxylic acids is 1. The van der Waals surface area contributed by atoms with Gasteiger partial charge in [0.2, 0.25) is 0 Å². The van der Waals surface area contributed by atoms with Gasteiger partial charge in [-0.05, 0) is 60.3 Å². The molecule has 8 nitrogen and oxygen atoms in total. The molecule has 2 heterocycles. The van der Waals surface area contributed by atoms with Gasteiger partial charge in [0.05, 0.1) is 27.2 Å². The Labute approximate surface area is 190 Å². The van der Waals surface area contributed by atoms with Crippen LogP contribution in [0.15, 0.2) is 12.1 Å². The monoisotopic (exact) mass is 448 g/mol. The highest BCUT2D eigenvalue weighted by Crippen LogP contribution is 2.45. The molecule has 1 fully saturated rings. The normalized spacial score (nSPS) is 22.6. The highest BCUT2D eigenvalue weighted by Gasteiger charge is 2.40. The number of ether oxygens (including phenoxy) is 3. The quantitative estimate of drug-likeness (QED) is 0.597. The number of nitrogens with zero attached hydrogens (tertiary/aromatic N) is 1. The molecule has 0 aliphatic carbocycles. The average molecular weight is 449 g/mol. The second-order valence-electron chi connectivity index (χ2n) is 9.22. The molecule has 0 unspecified atom stereocenters. The van der Waals surface area contributed by atoms with Gasteiger partial charge in [0.1, 0.15) is 0 Å². The summed E-state index contributed by atoms with van der Waals surface area (Å²) in [4.78, 5) is 25.3. The Morgan fingerprint density at radius 2 is 1.91 bits per heavy atom. The molecule has 1 saturated heterocycles. The summed E-state index contributed by atoms with van der Waals surface area (Å²) in [5.74, 6) is 1.79. The molecule has 0 saturated carbocycles. The van der Waals surface area contributed by atoms with Crippen LogP contribution in [-0.2, 0) is 16.0 Å². The lowest BCUT2D eigenvalue weighted by atomic mass is 9.74. The Morgan fingerprint density at radius 1 is 1.19 bits per heavy atom. The number of methoxy groups -OCH3 is 2. The van der Waals surface area contributed by atoms with Crippen LogP contribution in [0.25, 0.3) is 0 Å². The molecule has 1 amide bonds. The number of nitrogens with one attached hydrogen (secondary N) is 1. The van der Waals surface area contributed by atoms with Gasteiger partial charge in [0, 0.05) is 25.7 Å². The van der Waals surface area contributed by atoms with E-state index in [0.717, 1.165) is 43.9 Å². The number of rotatable bonds is 9. The topological polar surface area (TPSA) is 97.3 Å². The van der Waals surface area contributed by atoms with Crippen LogP contribution in [0.3, 0.4) is 0 Å². The summed E-state index contributed by atoms with van der Waals surface area (Å²) >= 11 is 0. The van der Waals surface area contributed by atoms with Gasteiger partial charge in [-0.1, -0.05) is 13.8 Å². The van der Waals surface area contributed by atoms with Crippen molar-refractivity contribution in [2.45, 2.75) is 45.6 Å². The van der Waals surface area contributed by atoms with E-state index in [9.17, 15) is 9.59 Å². The number of benzene rings is 1. The third-order valence-corrected chi connectivity index (χ3v) is 6.59. The summed E-state index contributed by atoms with van der Waals surface area (Å²) in [5.41, 5.74) is 2.56. The zero-order chi connectivity index (χ0) is 23.3. The molecule has 2 aliphatic heterocycles. The first kappa shape index (κ1) is 24.2. The number of carboxylic acid groups (broad SMARTS) is 1. The Balaban J connectivity index is 1.73. The Kier molecular flexibility index (Phi) is 8.23. The van der Waals surface area contributed by atoms with Crippen molar-refractivity contribution in [2.24, 2.45) is 17.8 Å². The maximum absolute atomic E-state index is 12.1. The fourth-order valence-corrected chi connectivity index (χ4v) is 5.09. The molecule has 1 aromatic carbocycles. The van der Waals surface area contributed by atoms with Crippen molar-refractivity contribution in [1.29, 1.82) is 0 Å². The number of piperidine rings is 1. The van der Waals surface area contributed by atoms with E-state index in [1.165, 1.54) is 11.1 Å². The first-order valence-corrected chi connectivity index (χ1v) is 11.4. The number of hydrogen-bond donors (Lipinski definition) is 2. The lowest BCUT2D eigenvalue weighted by Crippen LogP contribution is -2.47. The third-order valence-electron chi connectivity index (χ3n) is 6.59. The van der Waals surface area contributed by atoms with Gasteiger partial charge < -0.3 is 24.6 Å². The van der Waals surface area contributed by atoms with Crippen LogP contribution < -0.4 is 14.8 Å². The van der Waals surface area contributed by atoms with Crippen molar-refractivity contribution < 1.29 is 28.9 Å². The number of carbonyl (C=O) groups is 2. The average Bonchev–Trinajstić information content (AvgIpc) is 2.75. The molecule has 1 aromatic rings. The van der Waals surface area contributed by atoms with Gasteiger partial charge >= 0.3 is 12.1 Å². The van der Waals surface area contributed by atoms with E-state index in [2.05, 4.69) is 36.2 Å². The standard InChI is InChI=1S/C24H36N2O6/c1-15(2)9-17-13-26-8-6-16-11-21(30-3)22(31-4)12-19(16)20(26)10-18(17)14-32-24(29)25-7-5-23(27)28/h11-12,15,17-18,20H,5-10,13-14H2,1-4H3,(H,25,29)(H,27,28)/t17-,18+,20-/m1/s1. The van der Waals surface area contributed by atoms with Crippen LogP contribution in [0.4, 0.5) is 4.79 Å². The van der Waals surface area contributed by atoms with Crippen LogP contribution in [0.1, 0.15) is 50.3 Å². The van der Waals surface area contributed by atoms with Crippen LogP contribution in [-0.4, -0.2) is 62.5 Å². The first-order chi connectivity index (χ1) is 15.3. The molecule has 3 rings (SSSR count). The lowest BCUT2D eigenvalue weighted by molar-refractivity contribution is -0.136. The van der Waals surface area contributed by atoms with Crippen LogP contribution in [0, 0.1) is 17.8 Å². The van der Waals surface area contributed by atoms with E-state index >= 15 is 0 Å². The maximum atomic E-state index is 12.1. The largest absolute Gasteiger partial charge is 0.493 e. The summed E-state index contributed by atoms with van der Waals surface area (Å²) in [6.07, 6.45) is 2.30. The second-order valence-corrected chi connectivity index (χ2v) is 9.22. The van der Waals surface area contributed by atoms with E-state index in [0.29, 0.717) is 18.4 Å². The molecular formula is C24H36N2O6. The summed E-state index contributed by atoms with van der Waals surface area (Å²) in [6.45, 7) is 6.84. The molecule has 0 radical (unpaired) electrons.